The standard InChI is InChI=1S/C7H15NO.H2/c1-8-6-7-4-2-3-5-9-7;/h7-8H,2-6H2,1H3;1H. The van der Waals surface area contributed by atoms with E-state index in [0.29, 0.717) is 6.10 Å². The minimum Gasteiger partial charge on any atom is -0.377 e. The summed E-state index contributed by atoms with van der Waals surface area (Å²) in [6.07, 6.45) is 4.32. The summed E-state index contributed by atoms with van der Waals surface area (Å²) in [5.74, 6) is 0. The molecule has 1 aliphatic heterocycles. The maximum atomic E-state index is 5.46. The predicted molar refractivity (Wildman–Crippen MR) is 39.6 cm³/mol. The summed E-state index contributed by atoms with van der Waals surface area (Å²) in [5, 5.41) is 3.11. The average Bonchev–Trinajstić information content (AvgIpc) is 1.91. The SMILES string of the molecule is CNCC1CCCCO1.[HH]. The van der Waals surface area contributed by atoms with Crippen molar-refractivity contribution in [1.29, 1.82) is 0 Å². The second kappa shape index (κ2) is 3.85. The molecule has 0 bridgehead atoms. The predicted octanol–water partition coefficient (Wildman–Crippen LogP) is 1.02. The molecule has 1 unspecified atom stereocenters. The topological polar surface area (TPSA) is 21.3 Å². The zero-order valence-corrected chi connectivity index (χ0v) is 6.02. The van der Waals surface area contributed by atoms with E-state index < -0.39 is 0 Å². The molecule has 9 heavy (non-hydrogen) atoms. The molecule has 1 rings (SSSR count). The van der Waals surface area contributed by atoms with Crippen molar-refractivity contribution in [1.82, 2.24) is 5.32 Å². The Kier molecular flexibility index (Phi) is 3.01. The molecule has 2 heteroatoms. The third-order valence-electron chi connectivity index (χ3n) is 1.71. The Labute approximate surface area is 58.1 Å². The Bertz CT molecular complexity index is 71.3. The van der Waals surface area contributed by atoms with E-state index in [0.717, 1.165) is 13.2 Å². The molecule has 1 N–H and O–H groups in total. The van der Waals surface area contributed by atoms with Crippen LogP contribution in [0.5, 0.6) is 0 Å². The molecule has 1 saturated heterocycles. The molecule has 1 aliphatic rings. The van der Waals surface area contributed by atoms with Crippen LogP contribution in [-0.4, -0.2) is 26.3 Å². The minimum atomic E-state index is 0. The lowest BCUT2D eigenvalue weighted by Gasteiger charge is -2.21. The lowest BCUT2D eigenvalue weighted by atomic mass is 10.1. The van der Waals surface area contributed by atoms with Gasteiger partial charge in [-0.2, -0.15) is 0 Å². The molecule has 1 fully saturated rings. The molecule has 0 saturated carbocycles. The monoisotopic (exact) mass is 131 g/mol. The fourth-order valence-electron chi connectivity index (χ4n) is 1.20. The highest BCUT2D eigenvalue weighted by Crippen LogP contribution is 2.10. The van der Waals surface area contributed by atoms with Gasteiger partial charge in [0.1, 0.15) is 0 Å². The highest BCUT2D eigenvalue weighted by atomic mass is 16.5. The highest BCUT2D eigenvalue weighted by molar-refractivity contribution is 4.64. The second-order valence-corrected chi connectivity index (χ2v) is 2.55. The molecule has 2 nitrogen and oxygen atoms in total. The van der Waals surface area contributed by atoms with Crippen molar-refractivity contribution in [2.24, 2.45) is 0 Å². The van der Waals surface area contributed by atoms with E-state index >= 15 is 0 Å². The van der Waals surface area contributed by atoms with Gasteiger partial charge < -0.3 is 10.1 Å². The van der Waals surface area contributed by atoms with Gasteiger partial charge in [0.05, 0.1) is 6.10 Å². The van der Waals surface area contributed by atoms with Gasteiger partial charge in [0.15, 0.2) is 0 Å². The van der Waals surface area contributed by atoms with E-state index in [-0.39, 0.29) is 1.43 Å². The van der Waals surface area contributed by atoms with Gasteiger partial charge in [-0.05, 0) is 26.3 Å². The second-order valence-electron chi connectivity index (χ2n) is 2.55. The fraction of sp³-hybridized carbons (Fsp3) is 1.00. The first-order valence-electron chi connectivity index (χ1n) is 3.69. The number of ether oxygens (including phenoxy) is 1. The van der Waals surface area contributed by atoms with Crippen LogP contribution in [0, 0.1) is 0 Å². The van der Waals surface area contributed by atoms with Crippen molar-refractivity contribution in [3.05, 3.63) is 0 Å². The fourth-order valence-corrected chi connectivity index (χ4v) is 1.20. The minimum absolute atomic E-state index is 0. The van der Waals surface area contributed by atoms with E-state index in [4.69, 9.17) is 4.74 Å². The van der Waals surface area contributed by atoms with Crippen molar-refractivity contribution in [2.75, 3.05) is 20.2 Å². The number of hydrogen-bond acceptors (Lipinski definition) is 2. The van der Waals surface area contributed by atoms with Crippen LogP contribution in [0.3, 0.4) is 0 Å². The van der Waals surface area contributed by atoms with Crippen LogP contribution in [0.2, 0.25) is 0 Å². The van der Waals surface area contributed by atoms with Crippen LogP contribution in [0.15, 0.2) is 0 Å². The lowest BCUT2D eigenvalue weighted by Crippen LogP contribution is -2.29. The lowest BCUT2D eigenvalue weighted by molar-refractivity contribution is 0.0181. The molecular weight excluding hydrogens is 114 g/mol. The molecule has 0 spiro atoms. The van der Waals surface area contributed by atoms with Crippen molar-refractivity contribution in [3.8, 4) is 0 Å². The Hall–Kier alpha value is -0.0800. The van der Waals surface area contributed by atoms with Gasteiger partial charge >= 0.3 is 0 Å². The van der Waals surface area contributed by atoms with Crippen LogP contribution in [0.1, 0.15) is 20.7 Å². The Morgan fingerprint density at radius 1 is 1.67 bits per heavy atom. The summed E-state index contributed by atoms with van der Waals surface area (Å²) in [4.78, 5) is 0. The van der Waals surface area contributed by atoms with Gasteiger partial charge in [-0.25, -0.2) is 0 Å². The summed E-state index contributed by atoms with van der Waals surface area (Å²) < 4.78 is 5.46. The molecule has 56 valence electrons. The third-order valence-corrected chi connectivity index (χ3v) is 1.71. The van der Waals surface area contributed by atoms with Gasteiger partial charge in [-0.3, -0.25) is 0 Å². The van der Waals surface area contributed by atoms with Crippen LogP contribution in [0.25, 0.3) is 0 Å². The number of rotatable bonds is 2. The van der Waals surface area contributed by atoms with Crippen molar-refractivity contribution in [2.45, 2.75) is 25.4 Å². The van der Waals surface area contributed by atoms with E-state index in [1.165, 1.54) is 19.3 Å². The number of hydrogen-bond donors (Lipinski definition) is 1. The molecule has 0 aromatic heterocycles. The Morgan fingerprint density at radius 3 is 3.11 bits per heavy atom. The molecule has 1 atom stereocenters. The molecule has 0 aromatic carbocycles. The molecular formula is C7H17NO. The zero-order valence-electron chi connectivity index (χ0n) is 6.02. The van der Waals surface area contributed by atoms with Crippen LogP contribution in [-0.2, 0) is 4.74 Å². The largest absolute Gasteiger partial charge is 0.377 e. The normalized spacial score (nSPS) is 28.3. The first-order valence-corrected chi connectivity index (χ1v) is 3.69. The van der Waals surface area contributed by atoms with Crippen molar-refractivity contribution < 1.29 is 6.16 Å². The van der Waals surface area contributed by atoms with Gasteiger partial charge in [-0.15, -0.1) is 0 Å². The highest BCUT2D eigenvalue weighted by Gasteiger charge is 2.11. The number of likely N-dealkylation sites (N-methyl/N-ethyl adjacent to an activating group) is 1. The third kappa shape index (κ3) is 2.33. The summed E-state index contributed by atoms with van der Waals surface area (Å²) in [7, 11) is 1.97. The van der Waals surface area contributed by atoms with Crippen LogP contribution in [0.4, 0.5) is 0 Å². The molecule has 0 aliphatic carbocycles. The van der Waals surface area contributed by atoms with Crippen molar-refractivity contribution in [3.63, 3.8) is 0 Å². The molecule has 0 aromatic rings. The average molecular weight is 131 g/mol. The maximum absolute atomic E-state index is 5.46. The van der Waals surface area contributed by atoms with Crippen LogP contribution >= 0.6 is 0 Å². The van der Waals surface area contributed by atoms with Crippen LogP contribution < -0.4 is 5.32 Å². The van der Waals surface area contributed by atoms with E-state index in [1.807, 2.05) is 7.05 Å². The van der Waals surface area contributed by atoms with E-state index in [9.17, 15) is 0 Å². The van der Waals surface area contributed by atoms with Gasteiger partial charge in [-0.1, -0.05) is 0 Å². The number of nitrogens with one attached hydrogen (secondary N) is 1. The maximum Gasteiger partial charge on any atom is 0.0699 e. The summed E-state index contributed by atoms with van der Waals surface area (Å²) >= 11 is 0. The Balaban J connectivity index is 0.000000810. The first-order chi connectivity index (χ1) is 4.43. The quantitative estimate of drug-likeness (QED) is 0.604. The zero-order chi connectivity index (χ0) is 6.53. The van der Waals surface area contributed by atoms with Crippen molar-refractivity contribution >= 4 is 0 Å². The van der Waals surface area contributed by atoms with E-state index in [1.54, 1.807) is 0 Å². The van der Waals surface area contributed by atoms with E-state index in [2.05, 4.69) is 5.32 Å². The summed E-state index contributed by atoms with van der Waals surface area (Å²) in [6, 6.07) is 0. The smallest absolute Gasteiger partial charge is 0.0699 e. The molecule has 1 heterocycles. The first kappa shape index (κ1) is 7.03. The molecule has 0 radical (unpaired) electrons. The van der Waals surface area contributed by atoms with Gasteiger partial charge in [0.25, 0.3) is 0 Å². The van der Waals surface area contributed by atoms with Gasteiger partial charge in [0.2, 0.25) is 0 Å². The summed E-state index contributed by atoms with van der Waals surface area (Å²) in [5.41, 5.74) is 0. The molecule has 0 amide bonds. The Morgan fingerprint density at radius 2 is 2.56 bits per heavy atom. The summed E-state index contributed by atoms with van der Waals surface area (Å²) in [6.45, 7) is 1.98. The van der Waals surface area contributed by atoms with Gasteiger partial charge in [0, 0.05) is 14.6 Å².